The molecule has 0 aromatic heterocycles. The third-order valence-electron chi connectivity index (χ3n) is 4.04. The maximum absolute atomic E-state index is 10.2. The van der Waals surface area contributed by atoms with Gasteiger partial charge in [0, 0.05) is 32.7 Å². The third kappa shape index (κ3) is 4.99. The van der Waals surface area contributed by atoms with E-state index in [4.69, 9.17) is 4.74 Å². The molecule has 118 valence electrons. The number of β-amino-alcohol motifs (C(OH)–C–C–N with tert-alkyl or cyclic N) is 1. The van der Waals surface area contributed by atoms with E-state index in [1.165, 1.54) is 5.56 Å². The summed E-state index contributed by atoms with van der Waals surface area (Å²) in [5.74, 6) is 1.32. The number of nitrogens with zero attached hydrogens (tertiary/aromatic N) is 2. The zero-order valence-corrected chi connectivity index (χ0v) is 13.5. The fourth-order valence-corrected chi connectivity index (χ4v) is 2.66. The van der Waals surface area contributed by atoms with Gasteiger partial charge in [0.1, 0.15) is 18.5 Å². The van der Waals surface area contributed by atoms with Gasteiger partial charge in [-0.1, -0.05) is 32.0 Å². The van der Waals surface area contributed by atoms with E-state index < -0.39 is 6.10 Å². The van der Waals surface area contributed by atoms with Crippen molar-refractivity contribution in [2.45, 2.75) is 25.9 Å². The normalized spacial score (nSPS) is 18.9. The highest BCUT2D eigenvalue weighted by Gasteiger charge is 2.17. The van der Waals surface area contributed by atoms with Gasteiger partial charge < -0.3 is 14.7 Å². The summed E-state index contributed by atoms with van der Waals surface area (Å²) in [6.45, 7) is 9.55. The molecule has 0 unspecified atom stereocenters. The Morgan fingerprint density at radius 2 is 1.81 bits per heavy atom. The Morgan fingerprint density at radius 1 is 1.14 bits per heavy atom. The maximum atomic E-state index is 10.2. The van der Waals surface area contributed by atoms with E-state index in [2.05, 4.69) is 36.8 Å². The molecule has 0 bridgehead atoms. The minimum Gasteiger partial charge on any atom is -0.491 e. The van der Waals surface area contributed by atoms with Gasteiger partial charge in [0.2, 0.25) is 0 Å². The molecule has 1 atom stereocenters. The maximum Gasteiger partial charge on any atom is 0.122 e. The van der Waals surface area contributed by atoms with E-state index in [1.807, 2.05) is 18.2 Å². The average molecular weight is 292 g/mol. The minimum absolute atomic E-state index is 0.357. The van der Waals surface area contributed by atoms with E-state index in [0.717, 1.165) is 31.9 Å². The number of aliphatic hydroxyl groups is 1. The van der Waals surface area contributed by atoms with E-state index in [1.54, 1.807) is 0 Å². The molecule has 1 N–H and O–H groups in total. The summed E-state index contributed by atoms with van der Waals surface area (Å²) in [6, 6.07) is 8.08. The second kappa shape index (κ2) is 7.78. The van der Waals surface area contributed by atoms with Gasteiger partial charge in [-0.25, -0.2) is 0 Å². The smallest absolute Gasteiger partial charge is 0.122 e. The SMILES string of the molecule is CC(C)c1ccccc1OC[C@H](O)CN1CCN(C)CC1. The predicted molar refractivity (Wildman–Crippen MR) is 86.0 cm³/mol. The van der Waals surface area contributed by atoms with E-state index in [-0.39, 0.29) is 0 Å². The van der Waals surface area contributed by atoms with Gasteiger partial charge in [-0.15, -0.1) is 0 Å². The number of piperazine rings is 1. The number of hydrogen-bond donors (Lipinski definition) is 1. The first-order valence-corrected chi connectivity index (χ1v) is 7.87. The molecule has 1 aliphatic rings. The standard InChI is InChI=1S/C17H28N2O2/c1-14(2)16-6-4-5-7-17(16)21-13-15(20)12-19-10-8-18(3)9-11-19/h4-7,14-15,20H,8-13H2,1-3H3/t15-/m1/s1. The van der Waals surface area contributed by atoms with Crippen LogP contribution in [0.5, 0.6) is 5.75 Å². The summed E-state index contributed by atoms with van der Waals surface area (Å²) in [5, 5.41) is 10.2. The lowest BCUT2D eigenvalue weighted by molar-refractivity contribution is 0.0502. The number of para-hydroxylation sites is 1. The van der Waals surface area contributed by atoms with Gasteiger partial charge in [-0.05, 0) is 24.6 Å². The van der Waals surface area contributed by atoms with Crippen LogP contribution in [0.1, 0.15) is 25.3 Å². The molecular formula is C17H28N2O2. The first-order chi connectivity index (χ1) is 10.1. The Hall–Kier alpha value is -1.10. The van der Waals surface area contributed by atoms with Crippen LogP contribution in [0.25, 0.3) is 0 Å². The Labute approximate surface area is 128 Å². The molecule has 4 nitrogen and oxygen atoms in total. The molecule has 0 saturated carbocycles. The van der Waals surface area contributed by atoms with Crippen molar-refractivity contribution in [3.63, 3.8) is 0 Å². The Kier molecular flexibility index (Phi) is 6.03. The van der Waals surface area contributed by atoms with E-state index >= 15 is 0 Å². The highest BCUT2D eigenvalue weighted by molar-refractivity contribution is 5.35. The van der Waals surface area contributed by atoms with Crippen molar-refractivity contribution in [3.8, 4) is 5.75 Å². The Balaban J connectivity index is 1.80. The van der Waals surface area contributed by atoms with Crippen molar-refractivity contribution >= 4 is 0 Å². The fourth-order valence-electron chi connectivity index (χ4n) is 2.66. The number of likely N-dealkylation sites (N-methyl/N-ethyl adjacent to an activating group) is 1. The van der Waals surface area contributed by atoms with Gasteiger partial charge >= 0.3 is 0 Å². The second-order valence-electron chi connectivity index (χ2n) is 6.26. The van der Waals surface area contributed by atoms with Crippen LogP contribution in [0.3, 0.4) is 0 Å². The van der Waals surface area contributed by atoms with Crippen molar-refractivity contribution in [1.29, 1.82) is 0 Å². The molecule has 0 amide bonds. The van der Waals surface area contributed by atoms with Crippen LogP contribution in [0.15, 0.2) is 24.3 Å². The number of rotatable bonds is 6. The van der Waals surface area contributed by atoms with Crippen LogP contribution in [0.2, 0.25) is 0 Å². The molecule has 2 rings (SSSR count). The zero-order valence-electron chi connectivity index (χ0n) is 13.5. The van der Waals surface area contributed by atoms with Crippen molar-refractivity contribution in [1.82, 2.24) is 9.80 Å². The van der Waals surface area contributed by atoms with Gasteiger partial charge in [0.15, 0.2) is 0 Å². The molecule has 4 heteroatoms. The largest absolute Gasteiger partial charge is 0.491 e. The van der Waals surface area contributed by atoms with Crippen molar-refractivity contribution in [2.75, 3.05) is 46.4 Å². The topological polar surface area (TPSA) is 35.9 Å². The van der Waals surface area contributed by atoms with Crippen molar-refractivity contribution in [2.24, 2.45) is 0 Å². The van der Waals surface area contributed by atoms with Crippen LogP contribution in [-0.4, -0.2) is 67.4 Å². The predicted octanol–water partition coefficient (Wildman–Crippen LogP) is 1.80. The van der Waals surface area contributed by atoms with E-state index in [0.29, 0.717) is 19.1 Å². The number of ether oxygens (including phenoxy) is 1. The molecule has 1 fully saturated rings. The summed E-state index contributed by atoms with van der Waals surface area (Å²) >= 11 is 0. The summed E-state index contributed by atoms with van der Waals surface area (Å²) in [6.07, 6.45) is -0.436. The molecular weight excluding hydrogens is 264 g/mol. The number of benzene rings is 1. The van der Waals surface area contributed by atoms with Crippen LogP contribution >= 0.6 is 0 Å². The zero-order chi connectivity index (χ0) is 15.2. The van der Waals surface area contributed by atoms with Crippen molar-refractivity contribution < 1.29 is 9.84 Å². The molecule has 1 heterocycles. The van der Waals surface area contributed by atoms with Gasteiger partial charge in [0.25, 0.3) is 0 Å². The van der Waals surface area contributed by atoms with Gasteiger partial charge in [-0.2, -0.15) is 0 Å². The lowest BCUT2D eigenvalue weighted by atomic mass is 10.0. The highest BCUT2D eigenvalue weighted by Crippen LogP contribution is 2.25. The third-order valence-corrected chi connectivity index (χ3v) is 4.04. The lowest BCUT2D eigenvalue weighted by Crippen LogP contribution is -2.47. The Morgan fingerprint density at radius 3 is 2.48 bits per heavy atom. The van der Waals surface area contributed by atoms with Crippen LogP contribution in [0, 0.1) is 0 Å². The van der Waals surface area contributed by atoms with Crippen LogP contribution in [-0.2, 0) is 0 Å². The molecule has 0 radical (unpaired) electrons. The first kappa shape index (κ1) is 16.3. The first-order valence-electron chi connectivity index (χ1n) is 7.87. The molecule has 21 heavy (non-hydrogen) atoms. The average Bonchev–Trinajstić information content (AvgIpc) is 2.48. The highest BCUT2D eigenvalue weighted by atomic mass is 16.5. The van der Waals surface area contributed by atoms with Crippen LogP contribution < -0.4 is 4.74 Å². The molecule has 1 aromatic carbocycles. The van der Waals surface area contributed by atoms with Gasteiger partial charge in [-0.3, -0.25) is 4.90 Å². The lowest BCUT2D eigenvalue weighted by Gasteiger charge is -2.33. The number of hydrogen-bond acceptors (Lipinski definition) is 4. The molecule has 1 saturated heterocycles. The minimum atomic E-state index is -0.436. The molecule has 1 aliphatic heterocycles. The Bertz CT molecular complexity index is 429. The monoisotopic (exact) mass is 292 g/mol. The van der Waals surface area contributed by atoms with E-state index in [9.17, 15) is 5.11 Å². The summed E-state index contributed by atoms with van der Waals surface area (Å²) in [4.78, 5) is 4.63. The summed E-state index contributed by atoms with van der Waals surface area (Å²) < 4.78 is 5.84. The summed E-state index contributed by atoms with van der Waals surface area (Å²) in [5.41, 5.74) is 1.20. The number of aliphatic hydroxyl groups excluding tert-OH is 1. The molecule has 1 aromatic rings. The van der Waals surface area contributed by atoms with Gasteiger partial charge in [0.05, 0.1) is 0 Å². The van der Waals surface area contributed by atoms with Crippen molar-refractivity contribution in [3.05, 3.63) is 29.8 Å². The summed E-state index contributed by atoms with van der Waals surface area (Å²) in [7, 11) is 2.14. The van der Waals surface area contributed by atoms with Crippen LogP contribution in [0.4, 0.5) is 0 Å². The molecule has 0 aliphatic carbocycles. The second-order valence-corrected chi connectivity index (χ2v) is 6.26. The molecule has 0 spiro atoms. The quantitative estimate of drug-likeness (QED) is 0.867. The fraction of sp³-hybridized carbons (Fsp3) is 0.647.